The van der Waals surface area contributed by atoms with E-state index in [-0.39, 0.29) is 0 Å². The Morgan fingerprint density at radius 1 is 1.15 bits per heavy atom. The molecular weight excluding hydrogens is 250 g/mol. The lowest BCUT2D eigenvalue weighted by Gasteiger charge is -2.31. The fourth-order valence-electron chi connectivity index (χ4n) is 2.94. The minimum Gasteiger partial charge on any atom is -0.423 e. The molecule has 0 amide bonds. The SMILES string of the molecule is c1ccc2oc(N3CCC(CNC4CC4)CC3)nc2c1. The number of aromatic nitrogens is 1. The van der Waals surface area contributed by atoms with Crippen LogP contribution in [0.3, 0.4) is 0 Å². The number of fused-ring (bicyclic) bond motifs is 1. The third-order valence-electron chi connectivity index (χ3n) is 4.44. The monoisotopic (exact) mass is 271 g/mol. The molecule has 1 aromatic carbocycles. The van der Waals surface area contributed by atoms with Crippen molar-refractivity contribution in [1.29, 1.82) is 0 Å². The third kappa shape index (κ3) is 2.52. The standard InChI is InChI=1S/C16H21N3O/c1-2-4-15-14(3-1)18-16(20-15)19-9-7-12(8-10-19)11-17-13-5-6-13/h1-4,12-13,17H,5-11H2. The van der Waals surface area contributed by atoms with Crippen LogP contribution in [0.25, 0.3) is 11.1 Å². The molecule has 1 saturated heterocycles. The van der Waals surface area contributed by atoms with Crippen LogP contribution in [-0.4, -0.2) is 30.7 Å². The lowest BCUT2D eigenvalue weighted by Crippen LogP contribution is -2.37. The Balaban J connectivity index is 1.37. The van der Waals surface area contributed by atoms with Crippen molar-refractivity contribution in [2.24, 2.45) is 5.92 Å². The number of para-hydroxylation sites is 2. The summed E-state index contributed by atoms with van der Waals surface area (Å²) >= 11 is 0. The molecule has 0 atom stereocenters. The highest BCUT2D eigenvalue weighted by molar-refractivity contribution is 5.74. The first kappa shape index (κ1) is 12.2. The van der Waals surface area contributed by atoms with Crippen molar-refractivity contribution < 1.29 is 4.42 Å². The molecule has 2 heterocycles. The van der Waals surface area contributed by atoms with Crippen LogP contribution in [0.5, 0.6) is 0 Å². The Bertz CT molecular complexity index is 549. The summed E-state index contributed by atoms with van der Waals surface area (Å²) in [4.78, 5) is 6.87. The van der Waals surface area contributed by atoms with Gasteiger partial charge in [-0.1, -0.05) is 12.1 Å². The maximum atomic E-state index is 5.85. The second kappa shape index (κ2) is 5.09. The van der Waals surface area contributed by atoms with E-state index in [0.717, 1.165) is 42.2 Å². The third-order valence-corrected chi connectivity index (χ3v) is 4.44. The molecule has 0 bridgehead atoms. The van der Waals surface area contributed by atoms with Gasteiger partial charge in [-0.2, -0.15) is 4.98 Å². The van der Waals surface area contributed by atoms with Crippen LogP contribution >= 0.6 is 0 Å². The zero-order chi connectivity index (χ0) is 13.4. The number of nitrogens with one attached hydrogen (secondary N) is 1. The number of nitrogens with zero attached hydrogens (tertiary/aromatic N) is 2. The summed E-state index contributed by atoms with van der Waals surface area (Å²) < 4.78 is 5.85. The number of rotatable bonds is 4. The van der Waals surface area contributed by atoms with E-state index in [4.69, 9.17) is 4.42 Å². The normalized spacial score (nSPS) is 20.7. The van der Waals surface area contributed by atoms with Gasteiger partial charge in [-0.05, 0) is 50.3 Å². The number of hydrogen-bond acceptors (Lipinski definition) is 4. The van der Waals surface area contributed by atoms with E-state index in [1.807, 2.05) is 24.3 Å². The van der Waals surface area contributed by atoms with Gasteiger partial charge in [0.2, 0.25) is 0 Å². The Kier molecular flexibility index (Phi) is 3.11. The fraction of sp³-hybridized carbons (Fsp3) is 0.562. The van der Waals surface area contributed by atoms with E-state index in [1.54, 1.807) is 0 Å². The molecular formula is C16H21N3O. The van der Waals surface area contributed by atoms with Crippen molar-refractivity contribution >= 4 is 17.1 Å². The highest BCUT2D eigenvalue weighted by Gasteiger charge is 2.25. The van der Waals surface area contributed by atoms with E-state index in [2.05, 4.69) is 15.2 Å². The minimum atomic E-state index is 0.791. The second-order valence-corrected chi connectivity index (χ2v) is 6.08. The second-order valence-electron chi connectivity index (χ2n) is 6.08. The Hall–Kier alpha value is -1.55. The van der Waals surface area contributed by atoms with E-state index < -0.39 is 0 Å². The van der Waals surface area contributed by atoms with Gasteiger partial charge in [0.15, 0.2) is 5.58 Å². The fourth-order valence-corrected chi connectivity index (χ4v) is 2.94. The Labute approximate surface area is 119 Å². The summed E-state index contributed by atoms with van der Waals surface area (Å²) in [5.41, 5.74) is 1.85. The molecule has 2 fully saturated rings. The Morgan fingerprint density at radius 2 is 1.95 bits per heavy atom. The molecule has 2 aliphatic rings. The topological polar surface area (TPSA) is 41.3 Å². The molecule has 0 spiro atoms. The van der Waals surface area contributed by atoms with Gasteiger partial charge >= 0.3 is 0 Å². The number of piperidine rings is 1. The van der Waals surface area contributed by atoms with Crippen molar-refractivity contribution in [1.82, 2.24) is 10.3 Å². The van der Waals surface area contributed by atoms with Crippen LogP contribution in [0.4, 0.5) is 6.01 Å². The molecule has 1 aromatic heterocycles. The summed E-state index contributed by atoms with van der Waals surface area (Å²) in [7, 11) is 0. The van der Waals surface area contributed by atoms with Gasteiger partial charge in [-0.25, -0.2) is 0 Å². The number of benzene rings is 1. The van der Waals surface area contributed by atoms with Crippen LogP contribution < -0.4 is 10.2 Å². The largest absolute Gasteiger partial charge is 0.423 e. The van der Waals surface area contributed by atoms with Gasteiger partial charge in [0.1, 0.15) is 5.52 Å². The maximum Gasteiger partial charge on any atom is 0.298 e. The van der Waals surface area contributed by atoms with Crippen LogP contribution in [-0.2, 0) is 0 Å². The number of oxazole rings is 1. The first-order chi connectivity index (χ1) is 9.88. The zero-order valence-corrected chi connectivity index (χ0v) is 11.7. The van der Waals surface area contributed by atoms with Crippen molar-refractivity contribution in [2.75, 3.05) is 24.5 Å². The van der Waals surface area contributed by atoms with Crippen molar-refractivity contribution in [3.63, 3.8) is 0 Å². The van der Waals surface area contributed by atoms with E-state index in [1.165, 1.54) is 32.2 Å². The lowest BCUT2D eigenvalue weighted by atomic mass is 9.97. The predicted octanol–water partition coefficient (Wildman–Crippen LogP) is 2.80. The molecule has 4 heteroatoms. The van der Waals surface area contributed by atoms with Crippen molar-refractivity contribution in [3.8, 4) is 0 Å². The summed E-state index contributed by atoms with van der Waals surface area (Å²) in [6.45, 7) is 3.31. The molecule has 1 aliphatic heterocycles. The summed E-state index contributed by atoms with van der Waals surface area (Å²) in [5.74, 6) is 0.816. The predicted molar refractivity (Wildman–Crippen MR) is 80.0 cm³/mol. The summed E-state index contributed by atoms with van der Waals surface area (Å²) in [6, 6.07) is 9.61. The molecule has 0 radical (unpaired) electrons. The molecule has 1 saturated carbocycles. The molecule has 2 aromatic rings. The van der Waals surface area contributed by atoms with Gasteiger partial charge in [-0.15, -0.1) is 0 Å². The maximum absolute atomic E-state index is 5.85. The average Bonchev–Trinajstić information content (AvgIpc) is 3.22. The number of anilines is 1. The molecule has 4 rings (SSSR count). The van der Waals surface area contributed by atoms with E-state index >= 15 is 0 Å². The minimum absolute atomic E-state index is 0.791. The van der Waals surface area contributed by atoms with Gasteiger partial charge < -0.3 is 14.6 Å². The van der Waals surface area contributed by atoms with Crippen molar-refractivity contribution in [3.05, 3.63) is 24.3 Å². The van der Waals surface area contributed by atoms with Crippen LogP contribution in [0.2, 0.25) is 0 Å². The molecule has 106 valence electrons. The van der Waals surface area contributed by atoms with Gasteiger partial charge in [-0.3, -0.25) is 0 Å². The van der Waals surface area contributed by atoms with Crippen LogP contribution in [0.15, 0.2) is 28.7 Å². The molecule has 0 unspecified atom stereocenters. The van der Waals surface area contributed by atoms with Crippen molar-refractivity contribution in [2.45, 2.75) is 31.7 Å². The molecule has 1 aliphatic carbocycles. The zero-order valence-electron chi connectivity index (χ0n) is 11.7. The first-order valence-corrected chi connectivity index (χ1v) is 7.72. The smallest absolute Gasteiger partial charge is 0.298 e. The van der Waals surface area contributed by atoms with Gasteiger partial charge in [0.25, 0.3) is 6.01 Å². The number of hydrogen-bond donors (Lipinski definition) is 1. The van der Waals surface area contributed by atoms with Gasteiger partial charge in [0, 0.05) is 19.1 Å². The summed E-state index contributed by atoms with van der Waals surface area (Å²) in [6.07, 6.45) is 5.22. The molecule has 4 nitrogen and oxygen atoms in total. The van der Waals surface area contributed by atoms with Crippen LogP contribution in [0, 0.1) is 5.92 Å². The van der Waals surface area contributed by atoms with Crippen LogP contribution in [0.1, 0.15) is 25.7 Å². The quantitative estimate of drug-likeness (QED) is 0.928. The Morgan fingerprint density at radius 3 is 2.70 bits per heavy atom. The van der Waals surface area contributed by atoms with E-state index in [9.17, 15) is 0 Å². The molecule has 1 N–H and O–H groups in total. The summed E-state index contributed by atoms with van der Waals surface area (Å²) in [5, 5.41) is 3.64. The highest BCUT2D eigenvalue weighted by atomic mass is 16.4. The van der Waals surface area contributed by atoms with Gasteiger partial charge in [0.05, 0.1) is 0 Å². The molecule has 20 heavy (non-hydrogen) atoms. The van der Waals surface area contributed by atoms with E-state index in [0.29, 0.717) is 0 Å². The average molecular weight is 271 g/mol. The lowest BCUT2D eigenvalue weighted by molar-refractivity contribution is 0.370. The first-order valence-electron chi connectivity index (χ1n) is 7.72. The highest BCUT2D eigenvalue weighted by Crippen LogP contribution is 2.26.